The van der Waals surface area contributed by atoms with E-state index in [-0.39, 0.29) is 16.2 Å². The van der Waals surface area contributed by atoms with E-state index in [1.165, 1.54) is 12.1 Å². The molecule has 0 saturated carbocycles. The van der Waals surface area contributed by atoms with Crippen LogP contribution < -0.4 is 5.32 Å². The van der Waals surface area contributed by atoms with Crippen LogP contribution in [0.25, 0.3) is 0 Å². The summed E-state index contributed by atoms with van der Waals surface area (Å²) >= 11 is 13.8. The van der Waals surface area contributed by atoms with Crippen molar-refractivity contribution in [3.63, 3.8) is 0 Å². The zero-order valence-electron chi connectivity index (χ0n) is 9.88. The molecule has 1 amide bonds. The van der Waals surface area contributed by atoms with Crippen molar-refractivity contribution in [1.82, 2.24) is 4.98 Å². The average molecular weight is 407 g/mol. The molecule has 0 aliphatic rings. The lowest BCUT2D eigenvalue weighted by molar-refractivity contribution is 0.102. The molecule has 19 heavy (non-hydrogen) atoms. The molecule has 6 heteroatoms. The van der Waals surface area contributed by atoms with Crippen LogP contribution >= 0.6 is 45.8 Å². The van der Waals surface area contributed by atoms with E-state index in [1.807, 2.05) is 25.1 Å². The molecule has 1 N–H and O–H groups in total. The van der Waals surface area contributed by atoms with E-state index in [4.69, 9.17) is 23.2 Å². The molecule has 0 radical (unpaired) electrons. The van der Waals surface area contributed by atoms with Crippen molar-refractivity contribution in [1.29, 1.82) is 0 Å². The maximum Gasteiger partial charge on any atom is 0.255 e. The summed E-state index contributed by atoms with van der Waals surface area (Å²) in [6.45, 7) is 2.01. The number of benzene rings is 1. The molecule has 0 bridgehead atoms. The Morgan fingerprint density at radius 1 is 1.21 bits per heavy atom. The standard InChI is InChI=1S/C13H9Cl2IN2O/c1-7-2-3-9(6-10(7)16)17-13(19)8-4-11(14)18-12(15)5-8/h2-6H,1H3,(H,17,19). The van der Waals surface area contributed by atoms with Gasteiger partial charge in [-0.25, -0.2) is 4.98 Å². The van der Waals surface area contributed by atoms with Crippen molar-refractivity contribution in [2.24, 2.45) is 0 Å². The Hall–Kier alpha value is -0.850. The van der Waals surface area contributed by atoms with Gasteiger partial charge in [0.15, 0.2) is 0 Å². The Morgan fingerprint density at radius 2 is 1.84 bits per heavy atom. The van der Waals surface area contributed by atoms with Crippen LogP contribution in [0.2, 0.25) is 10.3 Å². The molecule has 1 heterocycles. The Kier molecular flexibility index (Phi) is 4.65. The molecule has 0 spiro atoms. The van der Waals surface area contributed by atoms with E-state index >= 15 is 0 Å². The second-order valence-corrected chi connectivity index (χ2v) is 5.86. The lowest BCUT2D eigenvalue weighted by Crippen LogP contribution is -2.12. The van der Waals surface area contributed by atoms with Gasteiger partial charge in [-0.2, -0.15) is 0 Å². The smallest absolute Gasteiger partial charge is 0.255 e. The molecule has 0 aliphatic carbocycles. The number of pyridine rings is 1. The number of anilines is 1. The van der Waals surface area contributed by atoms with Gasteiger partial charge in [0.1, 0.15) is 10.3 Å². The first-order valence-corrected chi connectivity index (χ1v) is 7.20. The molecule has 0 unspecified atom stereocenters. The van der Waals surface area contributed by atoms with Gasteiger partial charge in [0.2, 0.25) is 0 Å². The van der Waals surface area contributed by atoms with Crippen LogP contribution in [0.5, 0.6) is 0 Å². The summed E-state index contributed by atoms with van der Waals surface area (Å²) in [7, 11) is 0. The summed E-state index contributed by atoms with van der Waals surface area (Å²) in [6, 6.07) is 8.64. The minimum atomic E-state index is -0.272. The van der Waals surface area contributed by atoms with Crippen molar-refractivity contribution in [2.75, 3.05) is 5.32 Å². The second kappa shape index (κ2) is 6.07. The monoisotopic (exact) mass is 406 g/mol. The molecule has 3 nitrogen and oxygen atoms in total. The predicted octanol–water partition coefficient (Wildman–Crippen LogP) is 4.55. The van der Waals surface area contributed by atoms with Crippen LogP contribution in [-0.4, -0.2) is 10.9 Å². The van der Waals surface area contributed by atoms with Crippen molar-refractivity contribution < 1.29 is 4.79 Å². The van der Waals surface area contributed by atoms with E-state index in [1.54, 1.807) is 0 Å². The number of nitrogens with zero attached hydrogens (tertiary/aromatic N) is 1. The zero-order chi connectivity index (χ0) is 14.0. The molecule has 0 fully saturated rings. The van der Waals surface area contributed by atoms with Gasteiger partial charge in [-0.1, -0.05) is 29.3 Å². The van der Waals surface area contributed by atoms with E-state index in [9.17, 15) is 4.79 Å². The van der Waals surface area contributed by atoms with Gasteiger partial charge in [0, 0.05) is 14.8 Å². The zero-order valence-corrected chi connectivity index (χ0v) is 13.5. The third-order valence-electron chi connectivity index (χ3n) is 2.45. The number of rotatable bonds is 2. The number of aromatic nitrogens is 1. The van der Waals surface area contributed by atoms with Gasteiger partial charge < -0.3 is 5.32 Å². The summed E-state index contributed by atoms with van der Waals surface area (Å²) in [4.78, 5) is 15.9. The van der Waals surface area contributed by atoms with Gasteiger partial charge in [0.05, 0.1) is 0 Å². The van der Waals surface area contributed by atoms with Crippen molar-refractivity contribution in [3.8, 4) is 0 Å². The highest BCUT2D eigenvalue weighted by molar-refractivity contribution is 14.1. The summed E-state index contributed by atoms with van der Waals surface area (Å²) in [6.07, 6.45) is 0. The lowest BCUT2D eigenvalue weighted by Gasteiger charge is -2.07. The SMILES string of the molecule is Cc1ccc(NC(=O)c2cc(Cl)nc(Cl)c2)cc1I. The molecule has 2 aromatic rings. The quantitative estimate of drug-likeness (QED) is 0.587. The highest BCUT2D eigenvalue weighted by Crippen LogP contribution is 2.19. The summed E-state index contributed by atoms with van der Waals surface area (Å²) in [5.41, 5.74) is 2.26. The first kappa shape index (κ1) is 14.6. The number of aryl methyl sites for hydroxylation is 1. The first-order valence-electron chi connectivity index (χ1n) is 5.36. The third kappa shape index (κ3) is 3.81. The number of carbonyl (C=O) groups excluding carboxylic acids is 1. The maximum atomic E-state index is 12.1. The second-order valence-electron chi connectivity index (χ2n) is 3.92. The number of carbonyl (C=O) groups is 1. The van der Waals surface area contributed by atoms with Crippen LogP contribution in [0.1, 0.15) is 15.9 Å². The summed E-state index contributed by atoms with van der Waals surface area (Å²) in [5, 5.41) is 3.17. The number of hydrogen-bond acceptors (Lipinski definition) is 2. The van der Waals surface area contributed by atoms with Gasteiger partial charge >= 0.3 is 0 Å². The molecule has 0 saturated heterocycles. The Morgan fingerprint density at radius 3 is 2.42 bits per heavy atom. The molecule has 0 aliphatic heterocycles. The van der Waals surface area contributed by atoms with Crippen LogP contribution in [0, 0.1) is 10.5 Å². The third-order valence-corrected chi connectivity index (χ3v) is 4.00. The van der Waals surface area contributed by atoms with Crippen molar-refractivity contribution in [2.45, 2.75) is 6.92 Å². The van der Waals surface area contributed by atoms with E-state index in [2.05, 4.69) is 32.9 Å². The van der Waals surface area contributed by atoms with Crippen LogP contribution in [0.3, 0.4) is 0 Å². The molecular weight excluding hydrogens is 398 g/mol. The summed E-state index contributed by atoms with van der Waals surface area (Å²) < 4.78 is 1.08. The fourth-order valence-electron chi connectivity index (χ4n) is 1.47. The normalized spacial score (nSPS) is 10.3. The van der Waals surface area contributed by atoms with Crippen molar-refractivity contribution in [3.05, 3.63) is 55.3 Å². The molecule has 0 atom stereocenters. The fraction of sp³-hybridized carbons (Fsp3) is 0.0769. The Bertz CT molecular complexity index is 626. The van der Waals surface area contributed by atoms with Crippen molar-refractivity contribution >= 4 is 57.4 Å². The van der Waals surface area contributed by atoms with Gasteiger partial charge in [0.25, 0.3) is 5.91 Å². The van der Waals surface area contributed by atoms with E-state index in [0.717, 1.165) is 14.8 Å². The highest BCUT2D eigenvalue weighted by atomic mass is 127. The molecule has 1 aromatic carbocycles. The van der Waals surface area contributed by atoms with Crippen LogP contribution in [0.4, 0.5) is 5.69 Å². The molecular formula is C13H9Cl2IN2O. The van der Waals surface area contributed by atoms with Gasteiger partial charge in [-0.05, 0) is 59.3 Å². The largest absolute Gasteiger partial charge is 0.322 e. The number of amides is 1. The summed E-state index contributed by atoms with van der Waals surface area (Å²) in [5.74, 6) is -0.272. The topological polar surface area (TPSA) is 42.0 Å². The average Bonchev–Trinajstić information content (AvgIpc) is 2.32. The first-order chi connectivity index (χ1) is 8.95. The number of halogens is 3. The predicted molar refractivity (Wildman–Crippen MR) is 86.1 cm³/mol. The van der Waals surface area contributed by atoms with Crippen LogP contribution in [-0.2, 0) is 0 Å². The minimum absolute atomic E-state index is 0.191. The number of hydrogen-bond donors (Lipinski definition) is 1. The highest BCUT2D eigenvalue weighted by Gasteiger charge is 2.09. The molecule has 98 valence electrons. The Balaban J connectivity index is 2.22. The molecule has 2 rings (SSSR count). The molecule has 1 aromatic heterocycles. The van der Waals surface area contributed by atoms with E-state index in [0.29, 0.717) is 5.56 Å². The lowest BCUT2D eigenvalue weighted by atomic mass is 10.2. The number of nitrogens with one attached hydrogen (secondary N) is 1. The van der Waals surface area contributed by atoms with Gasteiger partial charge in [-0.3, -0.25) is 4.79 Å². The maximum absolute atomic E-state index is 12.1. The van der Waals surface area contributed by atoms with Crippen LogP contribution in [0.15, 0.2) is 30.3 Å². The van der Waals surface area contributed by atoms with E-state index < -0.39 is 0 Å². The fourth-order valence-corrected chi connectivity index (χ4v) is 2.45. The minimum Gasteiger partial charge on any atom is -0.322 e. The van der Waals surface area contributed by atoms with Gasteiger partial charge in [-0.15, -0.1) is 0 Å². The Labute approximate surface area is 134 Å².